The van der Waals surface area contributed by atoms with E-state index >= 15 is 0 Å². The van der Waals surface area contributed by atoms with Gasteiger partial charge in [0.2, 0.25) is 0 Å². The summed E-state index contributed by atoms with van der Waals surface area (Å²) in [5, 5.41) is 11.7. The van der Waals surface area contributed by atoms with Gasteiger partial charge in [0, 0.05) is 11.7 Å². The SMILES string of the molecule is CCC1CCCO/C(C)=C(\NO)C=N1.NC(=O)Nc1c2c(cc3c1CCC3)CCC2. The molecule has 30 heavy (non-hydrogen) atoms. The Balaban J connectivity index is 0.000000173. The summed E-state index contributed by atoms with van der Waals surface area (Å²) in [7, 11) is 0. The number of anilines is 1. The summed E-state index contributed by atoms with van der Waals surface area (Å²) in [6.07, 6.45) is 11.6. The van der Waals surface area contributed by atoms with E-state index in [9.17, 15) is 4.79 Å². The summed E-state index contributed by atoms with van der Waals surface area (Å²) >= 11 is 0. The maximum Gasteiger partial charge on any atom is 0.316 e. The smallest absolute Gasteiger partial charge is 0.316 e. The molecule has 2 aliphatic carbocycles. The molecule has 0 spiro atoms. The summed E-state index contributed by atoms with van der Waals surface area (Å²) in [5.41, 5.74) is 14.5. The van der Waals surface area contributed by atoms with Crippen molar-refractivity contribution in [3.8, 4) is 0 Å². The van der Waals surface area contributed by atoms with Gasteiger partial charge in [-0.2, -0.15) is 0 Å². The zero-order valence-corrected chi connectivity index (χ0v) is 18.1. The first-order valence-corrected chi connectivity index (χ1v) is 11.0. The van der Waals surface area contributed by atoms with E-state index in [4.69, 9.17) is 15.7 Å². The van der Waals surface area contributed by atoms with Crippen LogP contribution in [0.5, 0.6) is 0 Å². The summed E-state index contributed by atoms with van der Waals surface area (Å²) in [5.74, 6) is 0.688. The van der Waals surface area contributed by atoms with Crippen LogP contribution in [0.4, 0.5) is 10.5 Å². The normalized spacial score (nSPS) is 22.4. The Kier molecular flexibility index (Phi) is 7.74. The minimum absolute atomic E-state index is 0.341. The van der Waals surface area contributed by atoms with Crippen molar-refractivity contribution in [1.82, 2.24) is 5.48 Å². The van der Waals surface area contributed by atoms with Crippen LogP contribution in [0, 0.1) is 0 Å². The molecule has 0 aromatic heterocycles. The second-order valence-corrected chi connectivity index (χ2v) is 8.14. The number of carbonyl (C=O) groups excluding carboxylic acids is 1. The lowest BCUT2D eigenvalue weighted by Gasteiger charge is -2.14. The van der Waals surface area contributed by atoms with Gasteiger partial charge in [0.15, 0.2) is 0 Å². The van der Waals surface area contributed by atoms with Crippen molar-refractivity contribution < 1.29 is 14.7 Å². The first kappa shape index (κ1) is 22.2. The van der Waals surface area contributed by atoms with Crippen molar-refractivity contribution >= 4 is 17.9 Å². The molecule has 0 saturated heterocycles. The van der Waals surface area contributed by atoms with E-state index < -0.39 is 6.03 Å². The number of primary amides is 1. The van der Waals surface area contributed by atoms with Crippen LogP contribution in [0.2, 0.25) is 0 Å². The number of urea groups is 1. The van der Waals surface area contributed by atoms with E-state index in [1.807, 2.05) is 6.92 Å². The van der Waals surface area contributed by atoms with Crippen LogP contribution in [0.3, 0.4) is 0 Å². The number of aryl methyl sites for hydroxylation is 2. The molecule has 1 aliphatic heterocycles. The van der Waals surface area contributed by atoms with Gasteiger partial charge in [-0.05, 0) is 87.0 Å². The van der Waals surface area contributed by atoms with Crippen molar-refractivity contribution in [1.29, 1.82) is 0 Å². The summed E-state index contributed by atoms with van der Waals surface area (Å²) in [6.45, 7) is 4.62. The zero-order chi connectivity index (χ0) is 21.5. The predicted octanol–water partition coefficient (Wildman–Crippen LogP) is 4.01. The number of benzene rings is 1. The van der Waals surface area contributed by atoms with Gasteiger partial charge in [-0.3, -0.25) is 15.7 Å². The van der Waals surface area contributed by atoms with Gasteiger partial charge in [0.25, 0.3) is 0 Å². The minimum atomic E-state index is -0.436. The molecular weight excluding hydrogens is 380 g/mol. The molecule has 0 fully saturated rings. The molecule has 1 aromatic rings. The van der Waals surface area contributed by atoms with Crippen molar-refractivity contribution in [2.24, 2.45) is 10.7 Å². The molecule has 3 aliphatic rings. The summed E-state index contributed by atoms with van der Waals surface area (Å²) in [4.78, 5) is 15.5. The highest BCUT2D eigenvalue weighted by Crippen LogP contribution is 2.38. The number of rotatable bonds is 3. The molecule has 7 heteroatoms. The number of fused-ring (bicyclic) bond motifs is 2. The largest absolute Gasteiger partial charge is 0.496 e. The Labute approximate surface area is 178 Å². The van der Waals surface area contributed by atoms with Crippen LogP contribution in [0.15, 0.2) is 22.5 Å². The Morgan fingerprint density at radius 3 is 2.43 bits per heavy atom. The van der Waals surface area contributed by atoms with E-state index in [2.05, 4.69) is 28.8 Å². The van der Waals surface area contributed by atoms with E-state index in [1.165, 1.54) is 35.1 Å². The summed E-state index contributed by atoms with van der Waals surface area (Å²) < 4.78 is 5.43. The van der Waals surface area contributed by atoms with Gasteiger partial charge in [-0.1, -0.05) is 13.0 Å². The molecule has 0 bridgehead atoms. The van der Waals surface area contributed by atoms with Gasteiger partial charge in [0.05, 0.1) is 12.8 Å². The maximum absolute atomic E-state index is 11.1. The zero-order valence-electron chi connectivity index (χ0n) is 18.1. The van der Waals surface area contributed by atoms with Gasteiger partial charge in [-0.15, -0.1) is 0 Å². The molecule has 5 N–H and O–H groups in total. The Hall–Kier alpha value is -2.54. The van der Waals surface area contributed by atoms with Crippen molar-refractivity contribution in [3.05, 3.63) is 39.8 Å². The molecular formula is C23H34N4O3. The second kappa shape index (κ2) is 10.5. The van der Waals surface area contributed by atoms with Crippen LogP contribution in [0.1, 0.15) is 68.2 Å². The third kappa shape index (κ3) is 5.33. The van der Waals surface area contributed by atoms with Gasteiger partial charge >= 0.3 is 6.03 Å². The first-order valence-electron chi connectivity index (χ1n) is 11.0. The molecule has 1 aromatic carbocycles. The number of nitrogens with zero attached hydrogens (tertiary/aromatic N) is 1. The molecule has 0 radical (unpaired) electrons. The lowest BCUT2D eigenvalue weighted by atomic mass is 9.99. The van der Waals surface area contributed by atoms with Crippen LogP contribution in [-0.4, -0.2) is 30.1 Å². The highest BCUT2D eigenvalue weighted by atomic mass is 16.5. The molecule has 1 unspecified atom stereocenters. The van der Waals surface area contributed by atoms with E-state index in [1.54, 1.807) is 6.21 Å². The third-order valence-electron chi connectivity index (χ3n) is 6.11. The Bertz CT molecular complexity index is 800. The predicted molar refractivity (Wildman–Crippen MR) is 119 cm³/mol. The minimum Gasteiger partial charge on any atom is -0.496 e. The number of aliphatic imine (C=N–C) groups is 1. The fourth-order valence-corrected chi connectivity index (χ4v) is 4.47. The third-order valence-corrected chi connectivity index (χ3v) is 6.11. The molecule has 0 saturated carbocycles. The highest BCUT2D eigenvalue weighted by Gasteiger charge is 2.24. The van der Waals surface area contributed by atoms with Crippen LogP contribution >= 0.6 is 0 Å². The van der Waals surface area contributed by atoms with Crippen LogP contribution < -0.4 is 16.5 Å². The topological polar surface area (TPSA) is 109 Å². The average molecular weight is 415 g/mol. The Morgan fingerprint density at radius 2 is 1.87 bits per heavy atom. The number of nitrogens with one attached hydrogen (secondary N) is 2. The fraction of sp³-hybridized carbons (Fsp3) is 0.565. The van der Waals surface area contributed by atoms with Crippen molar-refractivity contribution in [2.75, 3.05) is 11.9 Å². The number of hydrogen-bond donors (Lipinski definition) is 4. The van der Waals surface area contributed by atoms with Crippen LogP contribution in [-0.2, 0) is 30.4 Å². The number of nitrogens with two attached hydrogens (primary N) is 1. The molecule has 1 heterocycles. The monoisotopic (exact) mass is 414 g/mol. The van der Waals surface area contributed by atoms with E-state index in [0.717, 1.165) is 50.6 Å². The quantitative estimate of drug-likeness (QED) is 0.560. The molecule has 7 nitrogen and oxygen atoms in total. The van der Waals surface area contributed by atoms with Gasteiger partial charge < -0.3 is 15.8 Å². The van der Waals surface area contributed by atoms with Crippen molar-refractivity contribution in [2.45, 2.75) is 77.7 Å². The maximum atomic E-state index is 11.1. The fourth-order valence-electron chi connectivity index (χ4n) is 4.47. The molecule has 164 valence electrons. The number of hydrogen-bond acceptors (Lipinski definition) is 5. The number of allylic oxidation sites excluding steroid dienone is 2. The second-order valence-electron chi connectivity index (χ2n) is 8.14. The molecule has 2 amide bonds. The van der Waals surface area contributed by atoms with Crippen molar-refractivity contribution in [3.63, 3.8) is 0 Å². The first-order chi connectivity index (χ1) is 14.5. The lowest BCUT2D eigenvalue weighted by molar-refractivity contribution is 0.174. The highest BCUT2D eigenvalue weighted by molar-refractivity contribution is 5.90. The van der Waals surface area contributed by atoms with Gasteiger partial charge in [-0.25, -0.2) is 4.79 Å². The number of ether oxygens (including phenoxy) is 1. The van der Waals surface area contributed by atoms with E-state index in [-0.39, 0.29) is 0 Å². The van der Waals surface area contributed by atoms with Gasteiger partial charge in [0.1, 0.15) is 11.5 Å². The Morgan fingerprint density at radius 1 is 1.20 bits per heavy atom. The van der Waals surface area contributed by atoms with Crippen LogP contribution in [0.25, 0.3) is 0 Å². The molecule has 4 rings (SSSR count). The number of amides is 2. The molecule has 1 atom stereocenters. The standard InChI is InChI=1S/C13H16N2O.C10H18N2O2/c14-13(16)15-12-10-5-1-3-8(10)7-9-4-2-6-11(9)12;1-3-9-5-4-6-14-8(2)10(12-13)7-11-9/h7H,1-6H2,(H3,14,15,16);7,9,12-13H,3-6H2,1-2H3/b;10-8-,11-7?. The van der Waals surface area contributed by atoms with E-state index in [0.29, 0.717) is 24.1 Å². The number of hydroxylamine groups is 1. The lowest BCUT2D eigenvalue weighted by Crippen LogP contribution is -2.21. The average Bonchev–Trinajstić information content (AvgIpc) is 3.39. The number of carbonyl (C=O) groups is 1. The summed E-state index contributed by atoms with van der Waals surface area (Å²) in [6, 6.07) is 2.25.